The fraction of sp³-hybridized carbons (Fsp3) is 0.111. The smallest absolute Gasteiger partial charge is 0.276 e. The Hall–Kier alpha value is -3.68. The van der Waals surface area contributed by atoms with Gasteiger partial charge < -0.3 is 4.74 Å². The Kier molecular flexibility index (Phi) is 6.44. The maximum absolute atomic E-state index is 11.7. The number of benzene rings is 2. The third-order valence-electron chi connectivity index (χ3n) is 3.19. The number of ether oxygens (including phenoxy) is 1. The molecule has 2 rings (SSSR count). The second kappa shape index (κ2) is 8.97. The van der Waals surface area contributed by atoms with E-state index in [0.29, 0.717) is 11.3 Å². The van der Waals surface area contributed by atoms with Gasteiger partial charge in [0.2, 0.25) is 0 Å². The van der Waals surface area contributed by atoms with Crippen LogP contribution in [0.25, 0.3) is 6.08 Å². The summed E-state index contributed by atoms with van der Waals surface area (Å²) in [5.41, 5.74) is 5.83. The van der Waals surface area contributed by atoms with Crippen molar-refractivity contribution in [3.8, 4) is 5.75 Å². The topological polar surface area (TPSA) is 111 Å². The van der Waals surface area contributed by atoms with Gasteiger partial charge in [0.05, 0.1) is 4.92 Å². The molecule has 0 spiro atoms. The number of non-ortho nitro benzene ring substituents is 1. The zero-order valence-electron chi connectivity index (χ0n) is 14.0. The molecule has 2 amide bonds. The quantitative estimate of drug-likeness (QED) is 0.468. The van der Waals surface area contributed by atoms with E-state index in [1.54, 1.807) is 18.2 Å². The molecule has 0 aromatic heterocycles. The van der Waals surface area contributed by atoms with Gasteiger partial charge in [-0.25, -0.2) is 0 Å². The fourth-order valence-electron chi connectivity index (χ4n) is 1.98. The van der Waals surface area contributed by atoms with Crippen LogP contribution in [0.5, 0.6) is 5.75 Å². The first kappa shape index (κ1) is 18.7. The lowest BCUT2D eigenvalue weighted by atomic mass is 10.2. The summed E-state index contributed by atoms with van der Waals surface area (Å²) in [6, 6.07) is 13.0. The maximum atomic E-state index is 11.7. The summed E-state index contributed by atoms with van der Waals surface area (Å²) in [7, 11) is 0. The van der Waals surface area contributed by atoms with E-state index >= 15 is 0 Å². The van der Waals surface area contributed by atoms with Gasteiger partial charge in [-0.05, 0) is 36.3 Å². The van der Waals surface area contributed by atoms with Crippen LogP contribution in [0.3, 0.4) is 0 Å². The first-order valence-corrected chi connectivity index (χ1v) is 7.65. The molecular formula is C18H17N3O5. The van der Waals surface area contributed by atoms with E-state index in [1.807, 2.05) is 19.1 Å². The Morgan fingerprint density at radius 1 is 1.15 bits per heavy atom. The van der Waals surface area contributed by atoms with Crippen molar-refractivity contribution in [3.05, 3.63) is 75.8 Å². The van der Waals surface area contributed by atoms with Gasteiger partial charge in [0.15, 0.2) is 6.61 Å². The molecule has 8 nitrogen and oxygen atoms in total. The van der Waals surface area contributed by atoms with Gasteiger partial charge in [-0.1, -0.05) is 24.3 Å². The molecule has 0 saturated carbocycles. The molecular weight excluding hydrogens is 338 g/mol. The van der Waals surface area contributed by atoms with Crippen molar-refractivity contribution in [2.45, 2.75) is 6.92 Å². The minimum atomic E-state index is -0.583. The molecule has 0 heterocycles. The number of amides is 2. The van der Waals surface area contributed by atoms with Crippen LogP contribution in [-0.2, 0) is 9.59 Å². The number of nitro benzene ring substituents is 1. The van der Waals surface area contributed by atoms with Crippen molar-refractivity contribution < 1.29 is 19.2 Å². The van der Waals surface area contributed by atoms with Crippen LogP contribution in [0, 0.1) is 17.0 Å². The average Bonchev–Trinajstić information content (AvgIpc) is 2.63. The van der Waals surface area contributed by atoms with Crippen molar-refractivity contribution in [1.29, 1.82) is 0 Å². The van der Waals surface area contributed by atoms with Crippen LogP contribution >= 0.6 is 0 Å². The van der Waals surface area contributed by atoms with Crippen molar-refractivity contribution in [2.75, 3.05) is 6.61 Å². The minimum absolute atomic E-state index is 0.0749. The minimum Gasteiger partial charge on any atom is -0.484 e. The Morgan fingerprint density at radius 2 is 1.92 bits per heavy atom. The van der Waals surface area contributed by atoms with Crippen molar-refractivity contribution in [1.82, 2.24) is 10.9 Å². The number of carbonyl (C=O) groups is 2. The molecule has 0 atom stereocenters. The van der Waals surface area contributed by atoms with Crippen LogP contribution < -0.4 is 15.6 Å². The van der Waals surface area contributed by atoms with Crippen LogP contribution in [0.4, 0.5) is 5.69 Å². The van der Waals surface area contributed by atoms with Crippen LogP contribution in [0.1, 0.15) is 11.1 Å². The van der Waals surface area contributed by atoms with E-state index < -0.39 is 16.7 Å². The number of hydrogen-bond acceptors (Lipinski definition) is 5. The average molecular weight is 355 g/mol. The molecule has 2 aromatic carbocycles. The first-order chi connectivity index (χ1) is 12.4. The highest BCUT2D eigenvalue weighted by molar-refractivity contribution is 5.93. The van der Waals surface area contributed by atoms with E-state index in [1.165, 1.54) is 24.3 Å². The monoisotopic (exact) mass is 355 g/mol. The van der Waals surface area contributed by atoms with Crippen molar-refractivity contribution >= 4 is 23.6 Å². The predicted molar refractivity (Wildman–Crippen MR) is 95.1 cm³/mol. The number of rotatable bonds is 6. The number of hydrazine groups is 1. The van der Waals surface area contributed by atoms with E-state index in [0.717, 1.165) is 11.6 Å². The lowest BCUT2D eigenvalue weighted by molar-refractivity contribution is -0.384. The normalized spacial score (nSPS) is 10.3. The SMILES string of the molecule is Cc1cccc(OCC(=O)NNC(=O)/C=C/c2cccc([N+](=O)[O-])c2)c1. The summed E-state index contributed by atoms with van der Waals surface area (Å²) in [6.07, 6.45) is 2.55. The molecule has 134 valence electrons. The molecule has 26 heavy (non-hydrogen) atoms. The summed E-state index contributed by atoms with van der Waals surface area (Å²) in [5.74, 6) is -0.555. The second-order valence-corrected chi connectivity index (χ2v) is 5.33. The molecule has 0 aliphatic rings. The zero-order chi connectivity index (χ0) is 18.9. The third-order valence-corrected chi connectivity index (χ3v) is 3.19. The van der Waals surface area contributed by atoms with Crippen LogP contribution in [0.15, 0.2) is 54.6 Å². The Balaban J connectivity index is 1.78. The number of hydrogen-bond donors (Lipinski definition) is 2. The fourth-order valence-corrected chi connectivity index (χ4v) is 1.98. The molecule has 0 saturated heterocycles. The van der Waals surface area contributed by atoms with Gasteiger partial charge in [0.25, 0.3) is 17.5 Å². The maximum Gasteiger partial charge on any atom is 0.276 e. The number of carbonyl (C=O) groups excluding carboxylic acids is 2. The summed E-state index contributed by atoms with van der Waals surface area (Å²) in [6.45, 7) is 1.65. The summed E-state index contributed by atoms with van der Waals surface area (Å²) in [5, 5.41) is 10.7. The third kappa shape index (κ3) is 6.08. The van der Waals surface area contributed by atoms with Crippen LogP contribution in [0.2, 0.25) is 0 Å². The molecule has 0 fully saturated rings. The van der Waals surface area contributed by atoms with Gasteiger partial charge >= 0.3 is 0 Å². The summed E-state index contributed by atoms with van der Waals surface area (Å²) >= 11 is 0. The predicted octanol–water partition coefficient (Wildman–Crippen LogP) is 2.14. The van der Waals surface area contributed by atoms with E-state index in [4.69, 9.17) is 4.74 Å². The molecule has 0 aliphatic carbocycles. The number of nitrogens with zero attached hydrogens (tertiary/aromatic N) is 1. The summed E-state index contributed by atoms with van der Waals surface area (Å²) < 4.78 is 5.30. The van der Waals surface area contributed by atoms with Crippen molar-refractivity contribution in [3.63, 3.8) is 0 Å². The van der Waals surface area contributed by atoms with Gasteiger partial charge in [0.1, 0.15) is 5.75 Å². The van der Waals surface area contributed by atoms with Gasteiger partial charge in [0, 0.05) is 18.2 Å². The molecule has 2 N–H and O–H groups in total. The zero-order valence-corrected chi connectivity index (χ0v) is 14.0. The molecule has 8 heteroatoms. The number of nitrogens with one attached hydrogen (secondary N) is 2. The number of nitro groups is 1. The largest absolute Gasteiger partial charge is 0.484 e. The molecule has 2 aromatic rings. The first-order valence-electron chi connectivity index (χ1n) is 7.65. The lowest BCUT2D eigenvalue weighted by Crippen LogP contribution is -2.43. The Morgan fingerprint density at radius 3 is 2.65 bits per heavy atom. The highest BCUT2D eigenvalue weighted by Crippen LogP contribution is 2.14. The van der Waals surface area contributed by atoms with Gasteiger partial charge in [-0.15, -0.1) is 0 Å². The number of aryl methyl sites for hydroxylation is 1. The highest BCUT2D eigenvalue weighted by Gasteiger charge is 2.05. The van der Waals surface area contributed by atoms with E-state index in [2.05, 4.69) is 10.9 Å². The summed E-state index contributed by atoms with van der Waals surface area (Å²) in [4.78, 5) is 33.5. The highest BCUT2D eigenvalue weighted by atomic mass is 16.6. The second-order valence-electron chi connectivity index (χ2n) is 5.33. The van der Waals surface area contributed by atoms with E-state index in [-0.39, 0.29) is 12.3 Å². The van der Waals surface area contributed by atoms with Gasteiger partial charge in [-0.2, -0.15) is 0 Å². The molecule has 0 bridgehead atoms. The molecule has 0 unspecified atom stereocenters. The lowest BCUT2D eigenvalue weighted by Gasteiger charge is -2.08. The molecule has 0 radical (unpaired) electrons. The van der Waals surface area contributed by atoms with E-state index in [9.17, 15) is 19.7 Å². The Labute approximate surface area is 149 Å². The van der Waals surface area contributed by atoms with Crippen LogP contribution in [-0.4, -0.2) is 23.3 Å². The van der Waals surface area contributed by atoms with Crippen molar-refractivity contribution in [2.24, 2.45) is 0 Å². The van der Waals surface area contributed by atoms with Gasteiger partial charge in [-0.3, -0.25) is 30.6 Å². The molecule has 0 aliphatic heterocycles. The standard InChI is InChI=1S/C18H17N3O5/c1-13-4-2-7-16(10-13)26-12-18(23)20-19-17(22)9-8-14-5-3-6-15(11-14)21(24)25/h2-11H,12H2,1H3,(H,19,22)(H,20,23)/b9-8+. The Bertz CT molecular complexity index is 848.